The van der Waals surface area contributed by atoms with Crippen LogP contribution < -0.4 is 4.74 Å². The molecule has 1 aliphatic rings. The molecule has 1 N–H and O–H groups in total. The molecule has 1 fully saturated rings. The number of aliphatic hydroxyl groups is 1. The SMILES string of the molecule is Cc1ccc(OCC(=O)N2CCCC2)c([C@@H](C)O)c1. The van der Waals surface area contributed by atoms with Gasteiger partial charge in [-0.05, 0) is 38.8 Å². The third kappa shape index (κ3) is 3.47. The lowest BCUT2D eigenvalue weighted by Crippen LogP contribution is -2.32. The zero-order chi connectivity index (χ0) is 13.8. The number of hydrogen-bond donors (Lipinski definition) is 1. The van der Waals surface area contributed by atoms with Crippen molar-refractivity contribution in [3.8, 4) is 5.75 Å². The highest BCUT2D eigenvalue weighted by molar-refractivity contribution is 5.78. The molecule has 1 aliphatic heterocycles. The lowest BCUT2D eigenvalue weighted by atomic mass is 10.1. The van der Waals surface area contributed by atoms with Crippen LogP contribution in [0.1, 0.15) is 37.0 Å². The van der Waals surface area contributed by atoms with Crippen molar-refractivity contribution in [1.82, 2.24) is 4.90 Å². The average molecular weight is 263 g/mol. The van der Waals surface area contributed by atoms with E-state index in [1.165, 1.54) is 0 Å². The van der Waals surface area contributed by atoms with Crippen LogP contribution in [0.25, 0.3) is 0 Å². The molecule has 0 bridgehead atoms. The number of likely N-dealkylation sites (tertiary alicyclic amines) is 1. The first-order valence-electron chi connectivity index (χ1n) is 6.77. The molecule has 0 saturated carbocycles. The van der Waals surface area contributed by atoms with Gasteiger partial charge in [-0.1, -0.05) is 11.6 Å². The molecule has 1 heterocycles. The van der Waals surface area contributed by atoms with E-state index in [9.17, 15) is 9.90 Å². The predicted octanol–water partition coefficient (Wildman–Crippen LogP) is 2.05. The summed E-state index contributed by atoms with van der Waals surface area (Å²) in [6.07, 6.45) is 1.56. The number of aliphatic hydroxyl groups excluding tert-OH is 1. The van der Waals surface area contributed by atoms with Crippen LogP contribution in [0, 0.1) is 6.92 Å². The molecule has 0 spiro atoms. The number of amides is 1. The molecule has 0 aliphatic carbocycles. The van der Waals surface area contributed by atoms with Crippen molar-refractivity contribution in [3.05, 3.63) is 29.3 Å². The number of benzene rings is 1. The molecule has 19 heavy (non-hydrogen) atoms. The maximum absolute atomic E-state index is 11.9. The van der Waals surface area contributed by atoms with E-state index >= 15 is 0 Å². The van der Waals surface area contributed by atoms with Gasteiger partial charge in [0.05, 0.1) is 6.10 Å². The smallest absolute Gasteiger partial charge is 0.260 e. The number of nitrogens with zero attached hydrogens (tertiary/aromatic N) is 1. The van der Waals surface area contributed by atoms with E-state index < -0.39 is 6.10 Å². The molecule has 4 heteroatoms. The summed E-state index contributed by atoms with van der Waals surface area (Å²) in [6, 6.07) is 5.62. The van der Waals surface area contributed by atoms with Gasteiger partial charge in [-0.15, -0.1) is 0 Å². The second kappa shape index (κ2) is 6.06. The molecule has 2 rings (SSSR count). The van der Waals surface area contributed by atoms with Gasteiger partial charge in [0, 0.05) is 18.7 Å². The quantitative estimate of drug-likeness (QED) is 0.904. The summed E-state index contributed by atoms with van der Waals surface area (Å²) in [5.74, 6) is 0.614. The van der Waals surface area contributed by atoms with E-state index in [0.29, 0.717) is 5.75 Å². The Morgan fingerprint density at radius 2 is 2.11 bits per heavy atom. The van der Waals surface area contributed by atoms with Gasteiger partial charge < -0.3 is 14.7 Å². The topological polar surface area (TPSA) is 49.8 Å². The van der Waals surface area contributed by atoms with Crippen LogP contribution in [0.15, 0.2) is 18.2 Å². The highest BCUT2D eigenvalue weighted by atomic mass is 16.5. The molecule has 1 saturated heterocycles. The molecule has 1 atom stereocenters. The summed E-state index contributed by atoms with van der Waals surface area (Å²) in [7, 11) is 0. The van der Waals surface area contributed by atoms with E-state index in [2.05, 4.69) is 0 Å². The van der Waals surface area contributed by atoms with Crippen molar-refractivity contribution < 1.29 is 14.6 Å². The van der Waals surface area contributed by atoms with Crippen LogP contribution in [0.3, 0.4) is 0 Å². The fraction of sp³-hybridized carbons (Fsp3) is 0.533. The molecule has 4 nitrogen and oxygen atoms in total. The van der Waals surface area contributed by atoms with Gasteiger partial charge in [-0.25, -0.2) is 0 Å². The fourth-order valence-electron chi connectivity index (χ4n) is 2.32. The normalized spacial score (nSPS) is 16.5. The molecule has 1 aromatic carbocycles. The monoisotopic (exact) mass is 263 g/mol. The Morgan fingerprint density at radius 1 is 1.42 bits per heavy atom. The van der Waals surface area contributed by atoms with E-state index in [0.717, 1.165) is 37.1 Å². The molecular weight excluding hydrogens is 242 g/mol. The summed E-state index contributed by atoms with van der Waals surface area (Å²) in [5, 5.41) is 9.73. The van der Waals surface area contributed by atoms with Gasteiger partial charge in [0.1, 0.15) is 5.75 Å². The minimum atomic E-state index is -0.600. The first-order valence-corrected chi connectivity index (χ1v) is 6.77. The average Bonchev–Trinajstić information content (AvgIpc) is 2.90. The largest absolute Gasteiger partial charge is 0.483 e. The number of rotatable bonds is 4. The Balaban J connectivity index is 2.00. The van der Waals surface area contributed by atoms with E-state index in [1.54, 1.807) is 6.92 Å². The minimum absolute atomic E-state index is 0.0228. The van der Waals surface area contributed by atoms with Crippen molar-refractivity contribution in [2.24, 2.45) is 0 Å². The number of ether oxygens (including phenoxy) is 1. The summed E-state index contributed by atoms with van der Waals surface area (Å²) >= 11 is 0. The third-order valence-corrected chi connectivity index (χ3v) is 3.43. The molecular formula is C15H21NO3. The van der Waals surface area contributed by atoms with Crippen molar-refractivity contribution in [3.63, 3.8) is 0 Å². The Bertz CT molecular complexity index is 451. The summed E-state index contributed by atoms with van der Waals surface area (Å²) in [4.78, 5) is 13.7. The molecule has 104 valence electrons. The summed E-state index contributed by atoms with van der Waals surface area (Å²) in [5.41, 5.74) is 1.79. The number of aryl methyl sites for hydroxylation is 1. The summed E-state index contributed by atoms with van der Waals surface area (Å²) in [6.45, 7) is 5.37. The molecule has 0 unspecified atom stereocenters. The van der Waals surface area contributed by atoms with Crippen LogP contribution in [0.5, 0.6) is 5.75 Å². The van der Waals surface area contributed by atoms with Gasteiger partial charge >= 0.3 is 0 Å². The van der Waals surface area contributed by atoms with Crippen LogP contribution >= 0.6 is 0 Å². The second-order valence-electron chi connectivity index (χ2n) is 5.09. The van der Waals surface area contributed by atoms with Gasteiger partial charge in [-0.2, -0.15) is 0 Å². The van der Waals surface area contributed by atoms with Crippen molar-refractivity contribution in [2.75, 3.05) is 19.7 Å². The third-order valence-electron chi connectivity index (χ3n) is 3.43. The van der Waals surface area contributed by atoms with Gasteiger partial charge in [0.2, 0.25) is 0 Å². The van der Waals surface area contributed by atoms with Crippen LogP contribution in [-0.4, -0.2) is 35.6 Å². The molecule has 1 aromatic rings. The van der Waals surface area contributed by atoms with Crippen LogP contribution in [-0.2, 0) is 4.79 Å². The first-order chi connectivity index (χ1) is 9.08. The van der Waals surface area contributed by atoms with Crippen molar-refractivity contribution in [1.29, 1.82) is 0 Å². The Labute approximate surface area is 114 Å². The van der Waals surface area contributed by atoms with E-state index in [-0.39, 0.29) is 12.5 Å². The molecule has 0 radical (unpaired) electrons. The lowest BCUT2D eigenvalue weighted by molar-refractivity contribution is -0.132. The van der Waals surface area contributed by atoms with Gasteiger partial charge in [-0.3, -0.25) is 4.79 Å². The maximum atomic E-state index is 11.9. The minimum Gasteiger partial charge on any atom is -0.483 e. The second-order valence-corrected chi connectivity index (χ2v) is 5.09. The number of hydrogen-bond acceptors (Lipinski definition) is 3. The number of carbonyl (C=O) groups excluding carboxylic acids is 1. The standard InChI is InChI=1S/C15H21NO3/c1-11-5-6-14(13(9-11)12(2)17)19-10-15(18)16-7-3-4-8-16/h5-6,9,12,17H,3-4,7-8,10H2,1-2H3/t12-/m1/s1. The Hall–Kier alpha value is -1.55. The van der Waals surface area contributed by atoms with Crippen molar-refractivity contribution >= 4 is 5.91 Å². The molecule has 0 aromatic heterocycles. The Morgan fingerprint density at radius 3 is 2.74 bits per heavy atom. The van der Waals surface area contributed by atoms with E-state index in [1.807, 2.05) is 30.0 Å². The predicted molar refractivity (Wildman–Crippen MR) is 73.1 cm³/mol. The highest BCUT2D eigenvalue weighted by Gasteiger charge is 2.19. The lowest BCUT2D eigenvalue weighted by Gasteiger charge is -2.18. The van der Waals surface area contributed by atoms with E-state index in [4.69, 9.17) is 4.74 Å². The van der Waals surface area contributed by atoms with Crippen LogP contribution in [0.4, 0.5) is 0 Å². The fourth-order valence-corrected chi connectivity index (χ4v) is 2.32. The molecule has 1 amide bonds. The van der Waals surface area contributed by atoms with Gasteiger partial charge in [0.25, 0.3) is 5.91 Å². The zero-order valence-corrected chi connectivity index (χ0v) is 11.6. The first kappa shape index (κ1) is 13.9. The summed E-state index contributed by atoms with van der Waals surface area (Å²) < 4.78 is 5.58. The highest BCUT2D eigenvalue weighted by Crippen LogP contribution is 2.26. The zero-order valence-electron chi connectivity index (χ0n) is 11.6. The van der Waals surface area contributed by atoms with Crippen LogP contribution in [0.2, 0.25) is 0 Å². The van der Waals surface area contributed by atoms with Gasteiger partial charge in [0.15, 0.2) is 6.61 Å². The number of carbonyl (C=O) groups is 1. The Kier molecular flexibility index (Phi) is 4.43. The van der Waals surface area contributed by atoms with Crippen molar-refractivity contribution in [2.45, 2.75) is 32.8 Å². The maximum Gasteiger partial charge on any atom is 0.260 e.